The Morgan fingerprint density at radius 1 is 1.35 bits per heavy atom. The summed E-state index contributed by atoms with van der Waals surface area (Å²) < 4.78 is 27.0. The molecule has 1 fully saturated rings. The van der Waals surface area contributed by atoms with Crippen molar-refractivity contribution in [2.45, 2.75) is 24.7 Å². The van der Waals surface area contributed by atoms with Crippen LogP contribution in [0.3, 0.4) is 0 Å². The molecule has 0 amide bonds. The Hall–Kier alpha value is -0.820. The first kappa shape index (κ1) is 15.6. The molecule has 0 saturated carbocycles. The highest BCUT2D eigenvalue weighted by atomic mass is 35.5. The van der Waals surface area contributed by atoms with E-state index < -0.39 is 10.0 Å². The van der Waals surface area contributed by atoms with Gasteiger partial charge in [0.15, 0.2) is 0 Å². The van der Waals surface area contributed by atoms with E-state index in [1.807, 2.05) is 0 Å². The molecule has 1 saturated heterocycles. The molecule has 1 aromatic rings. The average molecular weight is 318 g/mol. The molecule has 1 aliphatic heterocycles. The summed E-state index contributed by atoms with van der Waals surface area (Å²) in [7, 11) is -3.53. The van der Waals surface area contributed by atoms with E-state index in [1.165, 1.54) is 25.0 Å². The van der Waals surface area contributed by atoms with Crippen LogP contribution >= 0.6 is 11.6 Å². The molecule has 0 unspecified atom stereocenters. The minimum atomic E-state index is -3.53. The number of nitrogen functional groups attached to an aromatic ring is 1. The van der Waals surface area contributed by atoms with Gasteiger partial charge >= 0.3 is 0 Å². The van der Waals surface area contributed by atoms with E-state index in [4.69, 9.17) is 17.3 Å². The Morgan fingerprint density at radius 3 is 2.60 bits per heavy atom. The molecule has 1 aromatic carbocycles. The number of rotatable bonds is 5. The van der Waals surface area contributed by atoms with Gasteiger partial charge in [-0.15, -0.1) is 0 Å². The molecule has 1 aliphatic rings. The second-order valence-electron chi connectivity index (χ2n) is 5.09. The average Bonchev–Trinajstić information content (AvgIpc) is 2.88. The number of nitrogens with two attached hydrogens (primary N) is 1. The van der Waals surface area contributed by atoms with Crippen LogP contribution in [0.2, 0.25) is 5.02 Å². The first-order valence-electron chi connectivity index (χ1n) is 6.68. The molecular formula is C13H20ClN3O2S. The number of sulfonamides is 1. The summed E-state index contributed by atoms with van der Waals surface area (Å²) in [6.45, 7) is 4.98. The van der Waals surface area contributed by atoms with Crippen molar-refractivity contribution in [2.24, 2.45) is 0 Å². The Labute approximate surface area is 125 Å². The number of hydrogen-bond acceptors (Lipinski definition) is 4. The molecule has 112 valence electrons. The molecule has 0 radical (unpaired) electrons. The fourth-order valence-electron chi connectivity index (χ4n) is 2.35. The van der Waals surface area contributed by atoms with Crippen LogP contribution in [0.1, 0.15) is 18.4 Å². The zero-order valence-corrected chi connectivity index (χ0v) is 13.1. The van der Waals surface area contributed by atoms with Gasteiger partial charge in [0.1, 0.15) is 0 Å². The Balaban J connectivity index is 2.02. The summed E-state index contributed by atoms with van der Waals surface area (Å²) in [5.74, 6) is 0. The Bertz CT molecular complexity index is 560. The van der Waals surface area contributed by atoms with Crippen molar-refractivity contribution >= 4 is 27.3 Å². The highest BCUT2D eigenvalue weighted by molar-refractivity contribution is 7.89. The maximum absolute atomic E-state index is 12.2. The number of nitrogens with zero attached hydrogens (tertiary/aromatic N) is 1. The van der Waals surface area contributed by atoms with Gasteiger partial charge in [0.25, 0.3) is 0 Å². The van der Waals surface area contributed by atoms with Crippen molar-refractivity contribution in [2.75, 3.05) is 31.9 Å². The maximum atomic E-state index is 12.2. The van der Waals surface area contributed by atoms with Gasteiger partial charge in [-0.25, -0.2) is 13.1 Å². The predicted octanol–water partition coefficient (Wildman–Crippen LogP) is 1.60. The highest BCUT2D eigenvalue weighted by Gasteiger charge is 2.17. The van der Waals surface area contributed by atoms with E-state index in [9.17, 15) is 8.42 Å². The minimum absolute atomic E-state index is 0.165. The van der Waals surface area contributed by atoms with Crippen LogP contribution in [0, 0.1) is 6.92 Å². The summed E-state index contributed by atoms with van der Waals surface area (Å²) in [6, 6.07) is 2.93. The summed E-state index contributed by atoms with van der Waals surface area (Å²) >= 11 is 5.94. The van der Waals surface area contributed by atoms with Crippen molar-refractivity contribution in [1.82, 2.24) is 9.62 Å². The fourth-order valence-corrected chi connectivity index (χ4v) is 3.60. The lowest BCUT2D eigenvalue weighted by Gasteiger charge is -2.15. The second-order valence-corrected chi connectivity index (χ2v) is 7.23. The van der Waals surface area contributed by atoms with E-state index in [1.54, 1.807) is 6.92 Å². The molecular weight excluding hydrogens is 298 g/mol. The molecule has 20 heavy (non-hydrogen) atoms. The van der Waals surface area contributed by atoms with Gasteiger partial charge in [0, 0.05) is 13.1 Å². The normalized spacial score (nSPS) is 16.7. The molecule has 2 rings (SSSR count). The summed E-state index contributed by atoms with van der Waals surface area (Å²) in [5.41, 5.74) is 6.66. The molecule has 5 nitrogen and oxygen atoms in total. The van der Waals surface area contributed by atoms with Crippen molar-refractivity contribution in [3.8, 4) is 0 Å². The van der Waals surface area contributed by atoms with Crippen LogP contribution < -0.4 is 10.5 Å². The number of likely N-dealkylation sites (tertiary alicyclic amines) is 1. The van der Waals surface area contributed by atoms with E-state index >= 15 is 0 Å². The molecule has 0 spiro atoms. The number of aryl methyl sites for hydroxylation is 1. The predicted molar refractivity (Wildman–Crippen MR) is 81.5 cm³/mol. The van der Waals surface area contributed by atoms with Gasteiger partial charge in [-0.3, -0.25) is 0 Å². The van der Waals surface area contributed by atoms with Crippen LogP contribution in [0.5, 0.6) is 0 Å². The second kappa shape index (κ2) is 6.30. The summed E-state index contributed by atoms with van der Waals surface area (Å²) in [4.78, 5) is 2.42. The molecule has 0 bridgehead atoms. The van der Waals surface area contributed by atoms with Crippen molar-refractivity contribution in [3.05, 3.63) is 22.7 Å². The third kappa shape index (κ3) is 3.63. The number of hydrogen-bond donors (Lipinski definition) is 2. The Kier molecular flexibility index (Phi) is 4.90. The quantitative estimate of drug-likeness (QED) is 0.809. The SMILES string of the molecule is Cc1cc(S(=O)(=O)NCCN2CCCC2)cc(N)c1Cl. The van der Waals surface area contributed by atoms with E-state index in [0.717, 1.165) is 19.6 Å². The molecule has 7 heteroatoms. The topological polar surface area (TPSA) is 75.4 Å². The van der Waals surface area contributed by atoms with E-state index in [2.05, 4.69) is 9.62 Å². The molecule has 0 aromatic heterocycles. The standard InChI is InChI=1S/C13H20ClN3O2S/c1-10-8-11(9-12(15)13(10)14)20(18,19)16-4-7-17-5-2-3-6-17/h8-9,16H,2-7,15H2,1H3. The van der Waals surface area contributed by atoms with Crippen molar-refractivity contribution in [1.29, 1.82) is 0 Å². The first-order chi connectivity index (χ1) is 9.40. The van der Waals surface area contributed by atoms with Crippen LogP contribution in [0.15, 0.2) is 17.0 Å². The van der Waals surface area contributed by atoms with Crippen LogP contribution in [-0.2, 0) is 10.0 Å². The van der Waals surface area contributed by atoms with Crippen molar-refractivity contribution < 1.29 is 8.42 Å². The van der Waals surface area contributed by atoms with Gasteiger partial charge in [0.2, 0.25) is 10.0 Å². The largest absolute Gasteiger partial charge is 0.397 e. The number of anilines is 1. The van der Waals surface area contributed by atoms with E-state index in [0.29, 0.717) is 17.1 Å². The molecule has 0 aliphatic carbocycles. The van der Waals surface area contributed by atoms with Crippen LogP contribution in [0.4, 0.5) is 5.69 Å². The zero-order chi connectivity index (χ0) is 14.8. The lowest BCUT2D eigenvalue weighted by molar-refractivity contribution is 0.344. The van der Waals surface area contributed by atoms with Gasteiger partial charge in [-0.2, -0.15) is 0 Å². The van der Waals surface area contributed by atoms with Gasteiger partial charge in [-0.1, -0.05) is 11.6 Å². The van der Waals surface area contributed by atoms with Crippen molar-refractivity contribution in [3.63, 3.8) is 0 Å². The number of benzene rings is 1. The van der Waals surface area contributed by atoms with Crippen LogP contribution in [0.25, 0.3) is 0 Å². The maximum Gasteiger partial charge on any atom is 0.240 e. The van der Waals surface area contributed by atoms with Gasteiger partial charge in [0.05, 0.1) is 15.6 Å². The molecule has 1 heterocycles. The monoisotopic (exact) mass is 317 g/mol. The number of nitrogens with one attached hydrogen (secondary N) is 1. The molecule has 0 atom stereocenters. The van der Waals surface area contributed by atoms with Gasteiger partial charge < -0.3 is 10.6 Å². The van der Waals surface area contributed by atoms with Crippen LogP contribution in [-0.4, -0.2) is 39.5 Å². The third-order valence-corrected chi connectivity index (χ3v) is 5.44. The molecule has 3 N–H and O–H groups in total. The smallest absolute Gasteiger partial charge is 0.240 e. The van der Waals surface area contributed by atoms with E-state index in [-0.39, 0.29) is 10.6 Å². The first-order valence-corrected chi connectivity index (χ1v) is 8.54. The van der Waals surface area contributed by atoms with Gasteiger partial charge in [-0.05, 0) is 50.6 Å². The Morgan fingerprint density at radius 2 is 2.00 bits per heavy atom. The summed E-state index contributed by atoms with van der Waals surface area (Å²) in [5, 5.41) is 0.404. The zero-order valence-electron chi connectivity index (χ0n) is 11.5. The fraction of sp³-hybridized carbons (Fsp3) is 0.538. The number of halogens is 1. The third-order valence-electron chi connectivity index (χ3n) is 3.49. The lowest BCUT2D eigenvalue weighted by Crippen LogP contribution is -2.33. The lowest BCUT2D eigenvalue weighted by atomic mass is 10.2. The highest BCUT2D eigenvalue weighted by Crippen LogP contribution is 2.26. The summed E-state index contributed by atoms with van der Waals surface area (Å²) in [6.07, 6.45) is 2.39. The minimum Gasteiger partial charge on any atom is -0.397 e.